The highest BCUT2D eigenvalue weighted by Gasteiger charge is 2.29. The zero-order chi connectivity index (χ0) is 24.0. The van der Waals surface area contributed by atoms with Gasteiger partial charge in [0.15, 0.2) is 6.61 Å². The van der Waals surface area contributed by atoms with Gasteiger partial charge in [0.25, 0.3) is 5.91 Å². The van der Waals surface area contributed by atoms with Crippen LogP contribution in [0.4, 0.5) is 0 Å². The van der Waals surface area contributed by atoms with Gasteiger partial charge in [0, 0.05) is 17.6 Å². The van der Waals surface area contributed by atoms with Crippen molar-refractivity contribution in [3.63, 3.8) is 0 Å². The van der Waals surface area contributed by atoms with Crippen LogP contribution in [0.1, 0.15) is 64.5 Å². The fraction of sp³-hybridized carbons (Fsp3) is 0.481. The van der Waals surface area contributed by atoms with Gasteiger partial charge in [-0.15, -0.1) is 0 Å². The molecular weight excluding hydrogens is 436 g/mol. The Morgan fingerprint density at radius 3 is 2.33 bits per heavy atom. The molecule has 0 saturated heterocycles. The van der Waals surface area contributed by atoms with Gasteiger partial charge in [0.1, 0.15) is 11.8 Å². The number of hydrogen-bond donors (Lipinski definition) is 1. The van der Waals surface area contributed by atoms with Crippen molar-refractivity contribution >= 4 is 23.4 Å². The Morgan fingerprint density at radius 1 is 1.09 bits per heavy atom. The Morgan fingerprint density at radius 2 is 1.73 bits per heavy atom. The number of hydrogen-bond acceptors (Lipinski definition) is 3. The minimum atomic E-state index is -0.638. The Balaban J connectivity index is 1.70. The number of rotatable bonds is 8. The van der Waals surface area contributed by atoms with Gasteiger partial charge in [-0.25, -0.2) is 0 Å². The van der Waals surface area contributed by atoms with Crippen molar-refractivity contribution in [2.45, 2.75) is 77.4 Å². The lowest BCUT2D eigenvalue weighted by atomic mass is 9.87. The van der Waals surface area contributed by atoms with E-state index in [-0.39, 0.29) is 36.4 Å². The molecule has 0 unspecified atom stereocenters. The molecule has 0 radical (unpaired) electrons. The van der Waals surface area contributed by atoms with Gasteiger partial charge in [-0.2, -0.15) is 0 Å². The Hall–Kier alpha value is -2.53. The molecule has 0 aliphatic heterocycles. The quantitative estimate of drug-likeness (QED) is 0.554. The van der Waals surface area contributed by atoms with Crippen LogP contribution < -0.4 is 10.1 Å². The van der Waals surface area contributed by atoms with Gasteiger partial charge in [0.05, 0.1) is 0 Å². The second-order valence-corrected chi connectivity index (χ2v) is 10.2. The summed E-state index contributed by atoms with van der Waals surface area (Å²) >= 11 is 6.35. The average Bonchev–Trinajstić information content (AvgIpc) is 3.29. The molecule has 1 aliphatic carbocycles. The molecule has 0 bridgehead atoms. The van der Waals surface area contributed by atoms with E-state index in [1.807, 2.05) is 42.5 Å². The Labute approximate surface area is 202 Å². The van der Waals surface area contributed by atoms with Crippen LogP contribution in [0.5, 0.6) is 5.75 Å². The van der Waals surface area contributed by atoms with Crippen LogP contribution in [0.25, 0.3) is 0 Å². The largest absolute Gasteiger partial charge is 0.484 e. The molecule has 2 amide bonds. The average molecular weight is 471 g/mol. The van der Waals surface area contributed by atoms with Gasteiger partial charge in [0.2, 0.25) is 5.91 Å². The third kappa shape index (κ3) is 6.97. The molecule has 0 spiro atoms. The summed E-state index contributed by atoms with van der Waals surface area (Å²) in [6.45, 7) is 8.30. The molecule has 2 aromatic carbocycles. The topological polar surface area (TPSA) is 58.6 Å². The molecule has 0 aromatic heterocycles. The maximum absolute atomic E-state index is 13.2. The molecule has 1 N–H and O–H groups in total. The highest BCUT2D eigenvalue weighted by molar-refractivity contribution is 6.31. The first-order valence-electron chi connectivity index (χ1n) is 11.7. The van der Waals surface area contributed by atoms with Crippen LogP contribution in [0.2, 0.25) is 5.02 Å². The van der Waals surface area contributed by atoms with Crippen molar-refractivity contribution in [1.82, 2.24) is 10.2 Å². The predicted molar refractivity (Wildman–Crippen MR) is 132 cm³/mol. The molecule has 2 aromatic rings. The van der Waals surface area contributed by atoms with Gasteiger partial charge in [-0.1, -0.05) is 75.5 Å². The van der Waals surface area contributed by atoms with Crippen molar-refractivity contribution in [2.24, 2.45) is 0 Å². The van der Waals surface area contributed by atoms with Crippen LogP contribution in [0.3, 0.4) is 0 Å². The maximum atomic E-state index is 13.2. The monoisotopic (exact) mass is 470 g/mol. The zero-order valence-corrected chi connectivity index (χ0v) is 20.8. The van der Waals surface area contributed by atoms with Crippen LogP contribution in [0.15, 0.2) is 48.5 Å². The number of halogens is 1. The molecule has 0 heterocycles. The molecule has 1 saturated carbocycles. The second kappa shape index (κ2) is 11.1. The molecule has 1 atom stereocenters. The van der Waals surface area contributed by atoms with E-state index in [0.29, 0.717) is 10.8 Å². The molecule has 1 aliphatic rings. The van der Waals surface area contributed by atoms with Crippen molar-refractivity contribution in [2.75, 3.05) is 6.61 Å². The Kier molecular flexibility index (Phi) is 8.41. The number of nitrogens with one attached hydrogen (secondary N) is 1. The van der Waals surface area contributed by atoms with Crippen molar-refractivity contribution in [1.29, 1.82) is 0 Å². The van der Waals surface area contributed by atoms with E-state index in [0.717, 1.165) is 31.2 Å². The van der Waals surface area contributed by atoms with Gasteiger partial charge in [-0.05, 0) is 54.5 Å². The SMILES string of the molecule is C[C@H](C(=O)NC1CCCC1)N(Cc1ccccc1Cl)C(=O)COc1ccc(C(C)(C)C)cc1. The summed E-state index contributed by atoms with van der Waals surface area (Å²) in [5.74, 6) is 0.220. The fourth-order valence-electron chi connectivity index (χ4n) is 4.06. The van der Waals surface area contributed by atoms with Crippen molar-refractivity contribution in [3.05, 3.63) is 64.7 Å². The van der Waals surface area contributed by atoms with Gasteiger partial charge >= 0.3 is 0 Å². The standard InChI is InChI=1S/C27H35ClN2O3/c1-19(26(32)29-22-10-6-7-11-22)30(17-20-9-5-8-12-24(20)28)25(31)18-33-23-15-13-21(14-16-23)27(2,3)4/h5,8-9,12-16,19,22H,6-7,10-11,17-18H2,1-4H3,(H,29,32)/t19-/m1/s1. The smallest absolute Gasteiger partial charge is 0.261 e. The third-order valence-corrected chi connectivity index (χ3v) is 6.62. The third-order valence-electron chi connectivity index (χ3n) is 6.25. The number of amides is 2. The maximum Gasteiger partial charge on any atom is 0.261 e. The lowest BCUT2D eigenvalue weighted by Crippen LogP contribution is -2.50. The van der Waals surface area contributed by atoms with Crippen molar-refractivity contribution < 1.29 is 14.3 Å². The molecule has 33 heavy (non-hydrogen) atoms. The molecule has 6 heteroatoms. The van der Waals surface area contributed by atoms with E-state index < -0.39 is 6.04 Å². The van der Waals surface area contributed by atoms with Crippen LogP contribution in [-0.2, 0) is 21.5 Å². The minimum absolute atomic E-state index is 0.0439. The Bertz CT molecular complexity index is 947. The van der Waals surface area contributed by atoms with Crippen molar-refractivity contribution in [3.8, 4) is 5.75 Å². The number of nitrogens with zero attached hydrogens (tertiary/aromatic N) is 1. The van der Waals surface area contributed by atoms with E-state index >= 15 is 0 Å². The summed E-state index contributed by atoms with van der Waals surface area (Å²) in [4.78, 5) is 27.7. The summed E-state index contributed by atoms with van der Waals surface area (Å²) in [5.41, 5.74) is 2.03. The second-order valence-electron chi connectivity index (χ2n) is 9.84. The van der Waals surface area contributed by atoms with Crippen LogP contribution in [-0.4, -0.2) is 35.4 Å². The summed E-state index contributed by atoms with van der Waals surface area (Å²) in [6.07, 6.45) is 4.24. The number of benzene rings is 2. The predicted octanol–water partition coefficient (Wildman–Crippen LogP) is 5.49. The highest BCUT2D eigenvalue weighted by atomic mass is 35.5. The molecule has 5 nitrogen and oxygen atoms in total. The zero-order valence-electron chi connectivity index (χ0n) is 20.1. The molecule has 1 fully saturated rings. The number of ether oxygens (including phenoxy) is 1. The van der Waals surface area contributed by atoms with E-state index in [4.69, 9.17) is 16.3 Å². The van der Waals surface area contributed by atoms with Crippen LogP contribution in [0, 0.1) is 0 Å². The molecule has 178 valence electrons. The molecule has 3 rings (SSSR count). The number of carbonyl (C=O) groups is 2. The first-order valence-corrected chi connectivity index (χ1v) is 12.1. The first-order chi connectivity index (χ1) is 15.6. The minimum Gasteiger partial charge on any atom is -0.484 e. The van der Waals surface area contributed by atoms with E-state index in [1.165, 1.54) is 5.56 Å². The summed E-state index contributed by atoms with van der Waals surface area (Å²) < 4.78 is 5.79. The lowest BCUT2D eigenvalue weighted by Gasteiger charge is -2.30. The van der Waals surface area contributed by atoms with Gasteiger partial charge < -0.3 is 15.0 Å². The summed E-state index contributed by atoms with van der Waals surface area (Å²) in [7, 11) is 0. The molecular formula is C27H35ClN2O3. The normalized spacial score (nSPS) is 15.2. The van der Waals surface area contributed by atoms with E-state index in [9.17, 15) is 9.59 Å². The van der Waals surface area contributed by atoms with E-state index in [2.05, 4.69) is 26.1 Å². The summed E-state index contributed by atoms with van der Waals surface area (Å²) in [5, 5.41) is 3.67. The van der Waals surface area contributed by atoms with Crippen LogP contribution >= 0.6 is 11.6 Å². The lowest BCUT2D eigenvalue weighted by molar-refractivity contribution is -0.142. The van der Waals surface area contributed by atoms with E-state index in [1.54, 1.807) is 17.9 Å². The summed E-state index contributed by atoms with van der Waals surface area (Å²) in [6, 6.07) is 14.7. The first kappa shape index (κ1) is 25.1. The highest BCUT2D eigenvalue weighted by Crippen LogP contribution is 2.25. The fourth-order valence-corrected chi connectivity index (χ4v) is 4.26. The number of carbonyl (C=O) groups excluding carboxylic acids is 2. The van der Waals surface area contributed by atoms with Gasteiger partial charge in [-0.3, -0.25) is 9.59 Å².